The SMILES string of the molecule is COc1ccc(S(=O)(=O)N2CCN(C(=O)c3ccc(OC)c(OC)c3)CC2C(=O)NO)cc1. The van der Waals surface area contributed by atoms with Crippen molar-refractivity contribution < 1.29 is 37.4 Å². The van der Waals surface area contributed by atoms with Gasteiger partial charge in [0.05, 0.1) is 26.2 Å². The minimum Gasteiger partial charge on any atom is -0.497 e. The monoisotopic (exact) mass is 479 g/mol. The third-order valence-electron chi connectivity index (χ3n) is 5.33. The van der Waals surface area contributed by atoms with Gasteiger partial charge in [-0.05, 0) is 42.5 Å². The van der Waals surface area contributed by atoms with Gasteiger partial charge in [0.25, 0.3) is 11.8 Å². The van der Waals surface area contributed by atoms with Crippen LogP contribution in [0.4, 0.5) is 0 Å². The van der Waals surface area contributed by atoms with Crippen LogP contribution in [-0.2, 0) is 14.8 Å². The van der Waals surface area contributed by atoms with Gasteiger partial charge in [-0.15, -0.1) is 0 Å². The maximum Gasteiger partial charge on any atom is 0.263 e. The Morgan fingerprint density at radius 1 is 0.970 bits per heavy atom. The number of piperazine rings is 1. The van der Waals surface area contributed by atoms with Crippen LogP contribution in [0.1, 0.15) is 10.4 Å². The summed E-state index contributed by atoms with van der Waals surface area (Å²) in [5, 5.41) is 9.21. The molecule has 1 fully saturated rings. The molecular weight excluding hydrogens is 454 g/mol. The first kappa shape index (κ1) is 24.3. The van der Waals surface area contributed by atoms with E-state index in [2.05, 4.69) is 0 Å². The van der Waals surface area contributed by atoms with E-state index in [1.54, 1.807) is 12.1 Å². The predicted molar refractivity (Wildman–Crippen MR) is 116 cm³/mol. The van der Waals surface area contributed by atoms with Gasteiger partial charge >= 0.3 is 0 Å². The Balaban J connectivity index is 1.87. The summed E-state index contributed by atoms with van der Waals surface area (Å²) >= 11 is 0. The Hall–Kier alpha value is -3.35. The smallest absolute Gasteiger partial charge is 0.263 e. The highest BCUT2D eigenvalue weighted by molar-refractivity contribution is 7.89. The Morgan fingerprint density at radius 3 is 2.21 bits per heavy atom. The van der Waals surface area contributed by atoms with Crippen LogP contribution in [0.2, 0.25) is 0 Å². The molecular formula is C21H25N3O8S. The van der Waals surface area contributed by atoms with E-state index in [4.69, 9.17) is 14.2 Å². The van der Waals surface area contributed by atoms with Crippen molar-refractivity contribution in [3.05, 3.63) is 48.0 Å². The van der Waals surface area contributed by atoms with Gasteiger partial charge in [-0.25, -0.2) is 13.9 Å². The standard InChI is InChI=1S/C21H25N3O8S/c1-30-15-5-7-16(8-6-15)33(28,29)24-11-10-23(13-17(24)20(25)22-27)21(26)14-4-9-18(31-2)19(12-14)32-3/h4-9,12,17,27H,10-11,13H2,1-3H3,(H,22,25). The molecule has 1 aliphatic rings. The van der Waals surface area contributed by atoms with E-state index in [0.29, 0.717) is 17.2 Å². The molecule has 1 atom stereocenters. The van der Waals surface area contributed by atoms with Crippen LogP contribution < -0.4 is 19.7 Å². The van der Waals surface area contributed by atoms with Crippen molar-refractivity contribution in [3.63, 3.8) is 0 Å². The molecule has 3 rings (SSSR count). The number of rotatable bonds is 7. The van der Waals surface area contributed by atoms with Crippen molar-refractivity contribution in [1.29, 1.82) is 0 Å². The van der Waals surface area contributed by atoms with Gasteiger partial charge in [0.1, 0.15) is 11.8 Å². The second kappa shape index (κ2) is 10.1. The first-order valence-electron chi connectivity index (χ1n) is 9.88. The van der Waals surface area contributed by atoms with Crippen LogP contribution in [0.15, 0.2) is 47.4 Å². The minimum atomic E-state index is -4.09. The highest BCUT2D eigenvalue weighted by Crippen LogP contribution is 2.29. The molecule has 0 bridgehead atoms. The molecule has 2 amide bonds. The number of amides is 2. The van der Waals surface area contributed by atoms with E-state index in [1.165, 1.54) is 62.0 Å². The quantitative estimate of drug-likeness (QED) is 0.439. The van der Waals surface area contributed by atoms with Crippen molar-refractivity contribution in [2.45, 2.75) is 10.9 Å². The number of hydroxylamine groups is 1. The lowest BCUT2D eigenvalue weighted by Gasteiger charge is -2.39. The van der Waals surface area contributed by atoms with Crippen LogP contribution in [-0.4, -0.2) is 81.7 Å². The van der Waals surface area contributed by atoms with Crippen molar-refractivity contribution in [3.8, 4) is 17.2 Å². The van der Waals surface area contributed by atoms with Crippen molar-refractivity contribution in [2.75, 3.05) is 41.0 Å². The summed E-state index contributed by atoms with van der Waals surface area (Å²) in [4.78, 5) is 26.8. The van der Waals surface area contributed by atoms with Gasteiger partial charge in [-0.2, -0.15) is 4.31 Å². The summed E-state index contributed by atoms with van der Waals surface area (Å²) in [7, 11) is 0.278. The van der Waals surface area contributed by atoms with Crippen molar-refractivity contribution in [2.24, 2.45) is 0 Å². The molecule has 1 heterocycles. The van der Waals surface area contributed by atoms with Gasteiger partial charge in [-0.1, -0.05) is 0 Å². The van der Waals surface area contributed by atoms with E-state index in [-0.39, 0.29) is 30.1 Å². The highest BCUT2D eigenvalue weighted by atomic mass is 32.2. The summed E-state index contributed by atoms with van der Waals surface area (Å²) in [6.45, 7) is -0.363. The highest BCUT2D eigenvalue weighted by Gasteiger charge is 2.41. The number of nitrogens with one attached hydrogen (secondary N) is 1. The molecule has 1 aliphatic heterocycles. The van der Waals surface area contributed by atoms with Crippen molar-refractivity contribution in [1.82, 2.24) is 14.7 Å². The maximum absolute atomic E-state index is 13.2. The molecule has 0 aliphatic carbocycles. The molecule has 1 unspecified atom stereocenters. The third-order valence-corrected chi connectivity index (χ3v) is 7.25. The number of nitrogens with zero attached hydrogens (tertiary/aromatic N) is 2. The first-order valence-corrected chi connectivity index (χ1v) is 11.3. The second-order valence-electron chi connectivity index (χ2n) is 7.10. The molecule has 0 radical (unpaired) electrons. The molecule has 2 aromatic rings. The summed E-state index contributed by atoms with van der Waals surface area (Å²) in [5.74, 6) is -0.0928. The Morgan fingerprint density at radius 2 is 1.64 bits per heavy atom. The molecule has 33 heavy (non-hydrogen) atoms. The average Bonchev–Trinajstić information content (AvgIpc) is 2.86. The number of carbonyl (C=O) groups excluding carboxylic acids is 2. The van der Waals surface area contributed by atoms with E-state index < -0.39 is 27.9 Å². The van der Waals surface area contributed by atoms with Crippen LogP contribution in [0.25, 0.3) is 0 Å². The lowest BCUT2D eigenvalue weighted by atomic mass is 10.1. The summed E-state index contributed by atoms with van der Waals surface area (Å²) in [6, 6.07) is 9.00. The number of sulfonamides is 1. The van der Waals surface area contributed by atoms with Crippen molar-refractivity contribution >= 4 is 21.8 Å². The zero-order chi connectivity index (χ0) is 24.2. The summed E-state index contributed by atoms with van der Waals surface area (Å²) in [6.07, 6.45) is 0. The van der Waals surface area contributed by atoms with E-state index in [0.717, 1.165) is 4.31 Å². The molecule has 2 aromatic carbocycles. The van der Waals surface area contributed by atoms with Crippen LogP contribution >= 0.6 is 0 Å². The van der Waals surface area contributed by atoms with E-state index in [9.17, 15) is 23.2 Å². The zero-order valence-electron chi connectivity index (χ0n) is 18.3. The first-order chi connectivity index (χ1) is 15.8. The molecule has 2 N–H and O–H groups in total. The number of ether oxygens (including phenoxy) is 3. The van der Waals surface area contributed by atoms with Gasteiger partial charge in [0.15, 0.2) is 11.5 Å². The molecule has 11 nitrogen and oxygen atoms in total. The average molecular weight is 480 g/mol. The number of hydrogen-bond donors (Lipinski definition) is 2. The molecule has 0 aromatic heterocycles. The lowest BCUT2D eigenvalue weighted by molar-refractivity contribution is -0.134. The normalized spacial score (nSPS) is 16.7. The Kier molecular flexibility index (Phi) is 7.41. The van der Waals surface area contributed by atoms with Gasteiger partial charge < -0.3 is 19.1 Å². The maximum atomic E-state index is 13.2. The van der Waals surface area contributed by atoms with Gasteiger partial charge in [0.2, 0.25) is 10.0 Å². The molecule has 0 spiro atoms. The molecule has 178 valence electrons. The van der Waals surface area contributed by atoms with E-state index in [1.807, 2.05) is 0 Å². The van der Waals surface area contributed by atoms with Crippen LogP contribution in [0, 0.1) is 0 Å². The summed E-state index contributed by atoms with van der Waals surface area (Å²) < 4.78 is 42.8. The van der Waals surface area contributed by atoms with E-state index >= 15 is 0 Å². The Bertz CT molecular complexity index is 1120. The Labute approximate surface area is 191 Å². The number of hydrogen-bond acceptors (Lipinski definition) is 8. The fourth-order valence-corrected chi connectivity index (χ4v) is 5.13. The van der Waals surface area contributed by atoms with Crippen LogP contribution in [0.5, 0.6) is 17.2 Å². The topological polar surface area (TPSA) is 135 Å². The fraction of sp³-hybridized carbons (Fsp3) is 0.333. The second-order valence-corrected chi connectivity index (χ2v) is 8.99. The van der Waals surface area contributed by atoms with Gasteiger partial charge in [0, 0.05) is 25.2 Å². The van der Waals surface area contributed by atoms with Gasteiger partial charge in [-0.3, -0.25) is 14.8 Å². The zero-order valence-corrected chi connectivity index (χ0v) is 19.2. The largest absolute Gasteiger partial charge is 0.497 e. The summed E-state index contributed by atoms with van der Waals surface area (Å²) in [5.41, 5.74) is 1.78. The lowest BCUT2D eigenvalue weighted by Crippen LogP contribution is -2.61. The molecule has 0 saturated carbocycles. The molecule has 1 saturated heterocycles. The molecule has 12 heteroatoms. The number of benzene rings is 2. The number of carbonyl (C=O) groups is 2. The fourth-order valence-electron chi connectivity index (χ4n) is 3.56. The van der Waals surface area contributed by atoms with Crippen LogP contribution in [0.3, 0.4) is 0 Å². The predicted octanol–water partition coefficient (Wildman–Crippen LogP) is 0.733. The number of methoxy groups -OCH3 is 3. The third kappa shape index (κ3) is 4.87. The minimum absolute atomic E-state index is 0.0395.